The van der Waals surface area contributed by atoms with Gasteiger partial charge in [0.15, 0.2) is 5.84 Å². The first-order chi connectivity index (χ1) is 8.97. The summed E-state index contributed by atoms with van der Waals surface area (Å²) >= 11 is 0. The molecule has 7 nitrogen and oxygen atoms in total. The quantitative estimate of drug-likeness (QED) is 0.256. The second kappa shape index (κ2) is 6.89. The molecule has 1 aromatic rings. The van der Waals surface area contributed by atoms with Gasteiger partial charge in [-0.15, -0.1) is 5.10 Å². The van der Waals surface area contributed by atoms with Crippen LogP contribution in [0, 0.1) is 13.8 Å². The highest BCUT2D eigenvalue weighted by molar-refractivity contribution is 6.00. The Labute approximate surface area is 113 Å². The molecule has 0 saturated heterocycles. The first kappa shape index (κ1) is 15.2. The van der Waals surface area contributed by atoms with Crippen LogP contribution in [-0.4, -0.2) is 53.4 Å². The number of nitrogens with zero attached hydrogens (tertiary/aromatic N) is 4. The molecule has 3 N–H and O–H groups in total. The van der Waals surface area contributed by atoms with Gasteiger partial charge in [0.2, 0.25) is 5.88 Å². The van der Waals surface area contributed by atoms with Crippen LogP contribution in [0.1, 0.15) is 23.2 Å². The van der Waals surface area contributed by atoms with E-state index < -0.39 is 0 Å². The van der Waals surface area contributed by atoms with Gasteiger partial charge in [-0.3, -0.25) is 0 Å². The number of aromatic nitrogens is 2. The molecule has 0 aliphatic carbocycles. The standard InChI is InChI=1S/C12H21N5O2/c1-8-9(2)14-15-12(10(8)11(13)16-18)19-7-5-6-17(3)4/h18H,5-7H2,1-4H3,(H2,13,16). The number of ether oxygens (including phenoxy) is 1. The van der Waals surface area contributed by atoms with Gasteiger partial charge in [-0.1, -0.05) is 5.16 Å². The van der Waals surface area contributed by atoms with E-state index >= 15 is 0 Å². The van der Waals surface area contributed by atoms with Gasteiger partial charge in [0.1, 0.15) is 0 Å². The van der Waals surface area contributed by atoms with Gasteiger partial charge in [0, 0.05) is 6.54 Å². The zero-order valence-electron chi connectivity index (χ0n) is 11.8. The van der Waals surface area contributed by atoms with Crippen LogP contribution in [-0.2, 0) is 0 Å². The van der Waals surface area contributed by atoms with E-state index in [4.69, 9.17) is 15.7 Å². The lowest BCUT2D eigenvalue weighted by atomic mass is 10.1. The van der Waals surface area contributed by atoms with E-state index in [1.807, 2.05) is 27.9 Å². The average molecular weight is 267 g/mol. The number of hydrogen-bond acceptors (Lipinski definition) is 6. The van der Waals surface area contributed by atoms with Crippen molar-refractivity contribution in [2.45, 2.75) is 20.3 Å². The molecule has 7 heteroatoms. The molecule has 106 valence electrons. The molecule has 1 rings (SSSR count). The number of hydrogen-bond donors (Lipinski definition) is 2. The Morgan fingerprint density at radius 2 is 2.05 bits per heavy atom. The van der Waals surface area contributed by atoms with E-state index in [2.05, 4.69) is 20.3 Å². The van der Waals surface area contributed by atoms with Gasteiger partial charge in [0.25, 0.3) is 0 Å². The Hall–Kier alpha value is -1.89. The Bertz CT molecular complexity index is 460. The normalized spacial score (nSPS) is 11.9. The molecule has 0 aliphatic heterocycles. The highest BCUT2D eigenvalue weighted by Gasteiger charge is 2.16. The first-order valence-corrected chi connectivity index (χ1v) is 6.06. The zero-order chi connectivity index (χ0) is 14.4. The molecule has 0 spiro atoms. The van der Waals surface area contributed by atoms with E-state index in [1.165, 1.54) is 0 Å². The van der Waals surface area contributed by atoms with Gasteiger partial charge < -0.3 is 20.6 Å². The van der Waals surface area contributed by atoms with Crippen LogP contribution in [0.4, 0.5) is 0 Å². The zero-order valence-corrected chi connectivity index (χ0v) is 11.8. The summed E-state index contributed by atoms with van der Waals surface area (Å²) in [5.74, 6) is 0.287. The van der Waals surface area contributed by atoms with Crippen LogP contribution in [0.5, 0.6) is 5.88 Å². The van der Waals surface area contributed by atoms with Gasteiger partial charge in [0.05, 0.1) is 17.9 Å². The van der Waals surface area contributed by atoms with Crippen LogP contribution in [0.2, 0.25) is 0 Å². The monoisotopic (exact) mass is 267 g/mol. The molecule has 0 saturated carbocycles. The molecule has 0 unspecified atom stereocenters. The lowest BCUT2D eigenvalue weighted by molar-refractivity contribution is 0.269. The van der Waals surface area contributed by atoms with Crippen LogP contribution in [0.15, 0.2) is 5.16 Å². The van der Waals surface area contributed by atoms with E-state index in [1.54, 1.807) is 0 Å². The van der Waals surface area contributed by atoms with Crippen molar-refractivity contribution in [3.05, 3.63) is 16.8 Å². The van der Waals surface area contributed by atoms with Crippen LogP contribution in [0.25, 0.3) is 0 Å². The van der Waals surface area contributed by atoms with Crippen molar-refractivity contribution in [2.24, 2.45) is 10.9 Å². The maximum atomic E-state index is 8.82. The summed E-state index contributed by atoms with van der Waals surface area (Å²) in [5.41, 5.74) is 7.68. The molecule has 19 heavy (non-hydrogen) atoms. The topological polar surface area (TPSA) is 96.9 Å². The third-order valence-electron chi connectivity index (χ3n) is 2.77. The van der Waals surface area contributed by atoms with Gasteiger partial charge >= 0.3 is 0 Å². The fraction of sp³-hybridized carbons (Fsp3) is 0.583. The van der Waals surface area contributed by atoms with Crippen molar-refractivity contribution in [1.29, 1.82) is 0 Å². The summed E-state index contributed by atoms with van der Waals surface area (Å²) in [6.07, 6.45) is 0.858. The SMILES string of the molecule is Cc1nnc(OCCCN(C)C)c(/C(N)=N/O)c1C. The Morgan fingerprint density at radius 1 is 1.37 bits per heavy atom. The Morgan fingerprint density at radius 3 is 2.63 bits per heavy atom. The smallest absolute Gasteiger partial charge is 0.244 e. The molecule has 0 fully saturated rings. The molecular formula is C12H21N5O2. The number of amidine groups is 1. The fourth-order valence-electron chi connectivity index (χ4n) is 1.59. The molecule has 0 aliphatic rings. The van der Waals surface area contributed by atoms with Gasteiger partial charge in [-0.25, -0.2) is 0 Å². The van der Waals surface area contributed by atoms with Crippen LogP contribution >= 0.6 is 0 Å². The maximum absolute atomic E-state index is 8.82. The number of rotatable bonds is 6. The Balaban J connectivity index is 2.86. The van der Waals surface area contributed by atoms with Crippen LogP contribution in [0.3, 0.4) is 0 Å². The minimum absolute atomic E-state index is 0.0156. The molecule has 0 aromatic carbocycles. The maximum Gasteiger partial charge on any atom is 0.244 e. The first-order valence-electron chi connectivity index (χ1n) is 6.06. The van der Waals surface area contributed by atoms with Crippen molar-refractivity contribution in [1.82, 2.24) is 15.1 Å². The summed E-state index contributed by atoms with van der Waals surface area (Å²) in [5, 5.41) is 19.8. The van der Waals surface area contributed by atoms with Crippen LogP contribution < -0.4 is 10.5 Å². The molecule has 1 aromatic heterocycles. The fourth-order valence-corrected chi connectivity index (χ4v) is 1.59. The highest BCUT2D eigenvalue weighted by Crippen LogP contribution is 2.20. The van der Waals surface area contributed by atoms with E-state index in [9.17, 15) is 0 Å². The average Bonchev–Trinajstić information content (AvgIpc) is 2.37. The number of nitrogens with two attached hydrogens (primary N) is 1. The third-order valence-corrected chi connectivity index (χ3v) is 2.77. The van der Waals surface area contributed by atoms with E-state index in [0.29, 0.717) is 18.1 Å². The van der Waals surface area contributed by atoms with Crippen molar-refractivity contribution in [3.8, 4) is 5.88 Å². The van der Waals surface area contributed by atoms with Gasteiger partial charge in [-0.2, -0.15) is 5.10 Å². The summed E-state index contributed by atoms with van der Waals surface area (Å²) < 4.78 is 5.57. The lowest BCUT2D eigenvalue weighted by Gasteiger charge is -2.13. The molecule has 0 amide bonds. The number of aryl methyl sites for hydroxylation is 1. The summed E-state index contributed by atoms with van der Waals surface area (Å²) in [7, 11) is 4.00. The third kappa shape index (κ3) is 4.06. The Kier molecular flexibility index (Phi) is 5.50. The molecule has 0 bridgehead atoms. The highest BCUT2D eigenvalue weighted by atomic mass is 16.5. The van der Waals surface area contributed by atoms with Crippen molar-refractivity contribution >= 4 is 5.84 Å². The molecule has 0 radical (unpaired) electrons. The summed E-state index contributed by atoms with van der Waals surface area (Å²) in [4.78, 5) is 2.07. The predicted octanol–water partition coefficient (Wildman–Crippen LogP) is 0.518. The number of oxime groups is 1. The lowest BCUT2D eigenvalue weighted by Crippen LogP contribution is -2.20. The van der Waals surface area contributed by atoms with E-state index in [0.717, 1.165) is 24.2 Å². The molecule has 0 atom stereocenters. The van der Waals surface area contributed by atoms with Crippen molar-refractivity contribution < 1.29 is 9.94 Å². The minimum atomic E-state index is -0.0156. The predicted molar refractivity (Wildman–Crippen MR) is 72.7 cm³/mol. The largest absolute Gasteiger partial charge is 0.476 e. The summed E-state index contributed by atoms with van der Waals surface area (Å²) in [6.45, 7) is 5.06. The van der Waals surface area contributed by atoms with Gasteiger partial charge in [-0.05, 0) is 39.9 Å². The summed E-state index contributed by atoms with van der Waals surface area (Å²) in [6, 6.07) is 0. The van der Waals surface area contributed by atoms with Crippen molar-refractivity contribution in [2.75, 3.05) is 27.2 Å². The minimum Gasteiger partial charge on any atom is -0.476 e. The van der Waals surface area contributed by atoms with E-state index in [-0.39, 0.29) is 5.84 Å². The molecule has 1 heterocycles. The van der Waals surface area contributed by atoms with Crippen molar-refractivity contribution in [3.63, 3.8) is 0 Å². The molecular weight excluding hydrogens is 246 g/mol. The second-order valence-electron chi connectivity index (χ2n) is 4.58. The second-order valence-corrected chi connectivity index (χ2v) is 4.58.